The molecule has 19 heavy (non-hydrogen) atoms. The second kappa shape index (κ2) is 5.32. The van der Waals surface area contributed by atoms with E-state index in [1.165, 1.54) is 6.07 Å². The van der Waals surface area contributed by atoms with E-state index in [9.17, 15) is 8.42 Å². The highest BCUT2D eigenvalue weighted by molar-refractivity contribution is 9.11. The van der Waals surface area contributed by atoms with E-state index in [2.05, 4.69) is 22.5 Å². The van der Waals surface area contributed by atoms with E-state index in [1.54, 1.807) is 24.3 Å². The normalized spacial score (nSPS) is 11.5. The molecule has 0 saturated carbocycles. The number of nitrogens with two attached hydrogens (primary N) is 1. The summed E-state index contributed by atoms with van der Waals surface area (Å²) in [7, 11) is -3.76. The van der Waals surface area contributed by atoms with Gasteiger partial charge in [0.1, 0.15) is 12.4 Å². The maximum Gasteiger partial charge on any atom is 0.238 e. The van der Waals surface area contributed by atoms with Crippen LogP contribution >= 0.6 is 15.9 Å². The zero-order valence-corrected chi connectivity index (χ0v) is 12.4. The molecule has 0 unspecified atom stereocenters. The summed E-state index contributed by atoms with van der Waals surface area (Å²) < 4.78 is 29.3. The summed E-state index contributed by atoms with van der Waals surface area (Å²) in [5, 5.41) is 6.45. The lowest BCUT2D eigenvalue weighted by Crippen LogP contribution is -2.12. The number of fused-ring (bicyclic) bond motifs is 1. The zero-order valence-electron chi connectivity index (χ0n) is 9.97. The standard InChI is InChI=1S/C13H12BrNO3S/c1-9(14)8-18-12-6-7-13(19(15,16)17)11-5-3-2-4-10(11)12/h2-7H,1,8H2,(H2,15,16,17). The SMILES string of the molecule is C=C(Br)COc1ccc(S(N)(=O)=O)c2ccccc12. The van der Waals surface area contributed by atoms with Crippen LogP contribution in [0.4, 0.5) is 0 Å². The molecule has 6 heteroatoms. The first-order valence-corrected chi connectivity index (χ1v) is 7.74. The van der Waals surface area contributed by atoms with Crippen LogP contribution in [0.1, 0.15) is 0 Å². The topological polar surface area (TPSA) is 69.4 Å². The average Bonchev–Trinajstić information content (AvgIpc) is 2.34. The van der Waals surface area contributed by atoms with Crippen molar-refractivity contribution in [2.45, 2.75) is 4.90 Å². The predicted octanol–water partition coefficient (Wildman–Crippen LogP) is 2.77. The molecule has 0 fully saturated rings. The summed E-state index contributed by atoms with van der Waals surface area (Å²) in [4.78, 5) is 0.0909. The number of benzene rings is 2. The van der Waals surface area contributed by atoms with Crippen LogP contribution in [-0.4, -0.2) is 15.0 Å². The molecular formula is C13H12BrNO3S. The molecule has 0 aliphatic carbocycles. The highest BCUT2D eigenvalue weighted by atomic mass is 79.9. The van der Waals surface area contributed by atoms with Crippen molar-refractivity contribution < 1.29 is 13.2 Å². The number of hydrogen-bond donors (Lipinski definition) is 1. The molecule has 4 nitrogen and oxygen atoms in total. The van der Waals surface area contributed by atoms with Crippen LogP contribution in [0.5, 0.6) is 5.75 Å². The Morgan fingerprint density at radius 1 is 1.21 bits per heavy atom. The molecule has 0 spiro atoms. The number of rotatable bonds is 4. The Morgan fingerprint density at radius 2 is 1.84 bits per heavy atom. The van der Waals surface area contributed by atoms with Crippen molar-refractivity contribution in [2.75, 3.05) is 6.61 Å². The minimum atomic E-state index is -3.76. The van der Waals surface area contributed by atoms with Gasteiger partial charge < -0.3 is 4.74 Å². The smallest absolute Gasteiger partial charge is 0.238 e. The van der Waals surface area contributed by atoms with Crippen LogP contribution in [0.25, 0.3) is 10.8 Å². The van der Waals surface area contributed by atoms with Crippen molar-refractivity contribution in [3.8, 4) is 5.75 Å². The molecule has 0 atom stereocenters. The molecule has 2 N–H and O–H groups in total. The summed E-state index contributed by atoms with van der Waals surface area (Å²) in [6, 6.07) is 10.1. The fraction of sp³-hybridized carbons (Fsp3) is 0.0769. The van der Waals surface area contributed by atoms with Gasteiger partial charge in [-0.15, -0.1) is 0 Å². The number of primary sulfonamides is 1. The van der Waals surface area contributed by atoms with Crippen LogP contribution in [0.15, 0.2) is 52.4 Å². The van der Waals surface area contributed by atoms with Gasteiger partial charge in [0, 0.05) is 15.3 Å². The van der Waals surface area contributed by atoms with Gasteiger partial charge in [-0.25, -0.2) is 13.6 Å². The number of sulfonamides is 1. The van der Waals surface area contributed by atoms with Crippen molar-refractivity contribution in [1.82, 2.24) is 0 Å². The van der Waals surface area contributed by atoms with Crippen LogP contribution < -0.4 is 9.88 Å². The Balaban J connectivity index is 2.62. The first-order valence-electron chi connectivity index (χ1n) is 5.40. The van der Waals surface area contributed by atoms with E-state index >= 15 is 0 Å². The largest absolute Gasteiger partial charge is 0.488 e. The molecule has 100 valence electrons. The summed E-state index contributed by atoms with van der Waals surface area (Å²) in [5.41, 5.74) is 0. The summed E-state index contributed by atoms with van der Waals surface area (Å²) in [6.45, 7) is 3.99. The monoisotopic (exact) mass is 341 g/mol. The van der Waals surface area contributed by atoms with Crippen molar-refractivity contribution in [1.29, 1.82) is 0 Å². The van der Waals surface area contributed by atoms with Crippen molar-refractivity contribution in [3.05, 3.63) is 47.5 Å². The molecule has 0 saturated heterocycles. The Kier molecular flexibility index (Phi) is 3.93. The fourth-order valence-electron chi connectivity index (χ4n) is 1.77. The maximum absolute atomic E-state index is 11.5. The number of hydrogen-bond acceptors (Lipinski definition) is 3. The van der Waals surface area contributed by atoms with E-state index in [0.29, 0.717) is 27.6 Å². The minimum absolute atomic E-state index is 0.0909. The van der Waals surface area contributed by atoms with Crippen LogP contribution in [0.3, 0.4) is 0 Å². The molecule has 2 aromatic carbocycles. The van der Waals surface area contributed by atoms with E-state index in [0.717, 1.165) is 0 Å². The third-order valence-corrected chi connectivity index (χ3v) is 3.73. The molecule has 0 aliphatic rings. The van der Waals surface area contributed by atoms with Gasteiger partial charge in [-0.3, -0.25) is 0 Å². The maximum atomic E-state index is 11.5. The fourth-order valence-corrected chi connectivity index (χ4v) is 2.63. The van der Waals surface area contributed by atoms with Crippen molar-refractivity contribution in [2.24, 2.45) is 5.14 Å². The second-order valence-corrected chi connectivity index (χ2v) is 6.61. The lowest BCUT2D eigenvalue weighted by Gasteiger charge is -2.11. The Bertz CT molecular complexity index is 741. The molecule has 2 aromatic rings. The lowest BCUT2D eigenvalue weighted by atomic mass is 10.1. The highest BCUT2D eigenvalue weighted by Gasteiger charge is 2.14. The van der Waals surface area contributed by atoms with E-state index < -0.39 is 10.0 Å². The Labute approximate surface area is 120 Å². The summed E-state index contributed by atoms with van der Waals surface area (Å²) in [5.74, 6) is 0.587. The van der Waals surface area contributed by atoms with Gasteiger partial charge in [0.05, 0.1) is 4.90 Å². The van der Waals surface area contributed by atoms with Gasteiger partial charge in [0.15, 0.2) is 0 Å². The first kappa shape index (κ1) is 14.0. The number of ether oxygens (including phenoxy) is 1. The Hall–Kier alpha value is -1.37. The molecule has 0 radical (unpaired) electrons. The molecule has 0 aromatic heterocycles. The van der Waals surface area contributed by atoms with Crippen LogP contribution in [0, 0.1) is 0 Å². The zero-order chi connectivity index (χ0) is 14.0. The van der Waals surface area contributed by atoms with E-state index in [-0.39, 0.29) is 4.90 Å². The summed E-state index contributed by atoms with van der Waals surface area (Å²) >= 11 is 3.21. The van der Waals surface area contributed by atoms with E-state index in [4.69, 9.17) is 9.88 Å². The van der Waals surface area contributed by atoms with Crippen molar-refractivity contribution >= 4 is 36.7 Å². The van der Waals surface area contributed by atoms with Gasteiger partial charge >= 0.3 is 0 Å². The minimum Gasteiger partial charge on any atom is -0.488 e. The molecular weight excluding hydrogens is 330 g/mol. The number of halogens is 1. The molecule has 0 aliphatic heterocycles. The lowest BCUT2D eigenvalue weighted by molar-refractivity contribution is 0.365. The third-order valence-electron chi connectivity index (χ3n) is 2.53. The molecule has 0 heterocycles. The van der Waals surface area contributed by atoms with Gasteiger partial charge in [-0.05, 0) is 12.1 Å². The van der Waals surface area contributed by atoms with Gasteiger partial charge in [0.2, 0.25) is 10.0 Å². The quantitative estimate of drug-likeness (QED) is 0.929. The highest BCUT2D eigenvalue weighted by Crippen LogP contribution is 2.30. The predicted molar refractivity (Wildman–Crippen MR) is 78.9 cm³/mol. The third kappa shape index (κ3) is 3.15. The molecule has 0 amide bonds. The van der Waals surface area contributed by atoms with E-state index in [1.807, 2.05) is 6.07 Å². The summed E-state index contributed by atoms with van der Waals surface area (Å²) in [6.07, 6.45) is 0. The van der Waals surface area contributed by atoms with Crippen LogP contribution in [-0.2, 0) is 10.0 Å². The first-order chi connectivity index (χ1) is 8.89. The van der Waals surface area contributed by atoms with Crippen LogP contribution in [0.2, 0.25) is 0 Å². The Morgan fingerprint density at radius 3 is 2.42 bits per heavy atom. The van der Waals surface area contributed by atoms with Gasteiger partial charge in [-0.2, -0.15) is 0 Å². The van der Waals surface area contributed by atoms with Gasteiger partial charge in [-0.1, -0.05) is 46.8 Å². The molecule has 0 bridgehead atoms. The van der Waals surface area contributed by atoms with Gasteiger partial charge in [0.25, 0.3) is 0 Å². The molecule has 2 rings (SSSR count). The van der Waals surface area contributed by atoms with Crippen molar-refractivity contribution in [3.63, 3.8) is 0 Å². The average molecular weight is 342 g/mol. The second-order valence-electron chi connectivity index (χ2n) is 3.96.